The second-order valence-electron chi connectivity index (χ2n) is 3.07. The van der Waals surface area contributed by atoms with Crippen LogP contribution in [-0.2, 0) is 6.54 Å². The van der Waals surface area contributed by atoms with E-state index in [1.54, 1.807) is 5.54 Å². The van der Waals surface area contributed by atoms with Crippen molar-refractivity contribution in [3.8, 4) is 0 Å². The van der Waals surface area contributed by atoms with Gasteiger partial charge in [-0.3, -0.25) is 0 Å². The van der Waals surface area contributed by atoms with Gasteiger partial charge in [-0.1, -0.05) is 11.6 Å². The maximum Gasteiger partial charge on any atom is 0.0302 e. The molecule has 0 aliphatic carbocycles. The molecule has 1 aromatic rings. The lowest BCUT2D eigenvalue weighted by Crippen LogP contribution is -2.14. The molecule has 0 bridgehead atoms. The smallest absolute Gasteiger partial charge is 0.0302 e. The van der Waals surface area contributed by atoms with Gasteiger partial charge in [-0.15, -0.1) is 11.3 Å². The van der Waals surface area contributed by atoms with Gasteiger partial charge in [0, 0.05) is 28.4 Å². The van der Waals surface area contributed by atoms with Gasteiger partial charge in [0.05, 0.1) is 0 Å². The van der Waals surface area contributed by atoms with Crippen LogP contribution in [0.2, 0.25) is 0 Å². The monoisotopic (exact) mass is 215 g/mol. The standard InChI is InChI=1S/C10H14ClNS/c1-8(5-11)6-12-7-10-4-3-9(2)13-10/h3-5,12H,6-7H2,1-2H3/b8-5-. The normalized spacial score (nSPS) is 12.1. The van der Waals surface area contributed by atoms with Crippen LogP contribution in [0.1, 0.15) is 16.7 Å². The van der Waals surface area contributed by atoms with Gasteiger partial charge >= 0.3 is 0 Å². The van der Waals surface area contributed by atoms with Gasteiger partial charge in [0.1, 0.15) is 0 Å². The van der Waals surface area contributed by atoms with Gasteiger partial charge in [0.2, 0.25) is 0 Å². The number of aryl methyl sites for hydroxylation is 1. The van der Waals surface area contributed by atoms with Crippen molar-refractivity contribution >= 4 is 22.9 Å². The fourth-order valence-corrected chi connectivity index (χ4v) is 1.94. The summed E-state index contributed by atoms with van der Waals surface area (Å²) in [5, 5.41) is 3.32. The molecule has 1 N–H and O–H groups in total. The van der Waals surface area contributed by atoms with Crippen molar-refractivity contribution in [2.45, 2.75) is 20.4 Å². The zero-order valence-electron chi connectivity index (χ0n) is 7.93. The average molecular weight is 216 g/mol. The minimum atomic E-state index is 0.862. The van der Waals surface area contributed by atoms with Crippen molar-refractivity contribution in [1.82, 2.24) is 5.32 Å². The Bertz CT molecular complexity index is 291. The summed E-state index contributed by atoms with van der Waals surface area (Å²) in [6.07, 6.45) is 0. The molecule has 0 aliphatic rings. The fourth-order valence-electron chi connectivity index (χ4n) is 1.00. The molecule has 0 aliphatic heterocycles. The summed E-state index contributed by atoms with van der Waals surface area (Å²) in [7, 11) is 0. The zero-order valence-corrected chi connectivity index (χ0v) is 9.50. The van der Waals surface area contributed by atoms with E-state index in [1.165, 1.54) is 9.75 Å². The molecule has 0 spiro atoms. The molecule has 0 unspecified atom stereocenters. The first-order valence-electron chi connectivity index (χ1n) is 4.24. The van der Waals surface area contributed by atoms with Crippen molar-refractivity contribution in [2.75, 3.05) is 6.54 Å². The summed E-state index contributed by atoms with van der Waals surface area (Å²) >= 11 is 7.37. The highest BCUT2D eigenvalue weighted by molar-refractivity contribution is 7.11. The van der Waals surface area contributed by atoms with Crippen LogP contribution in [0.4, 0.5) is 0 Å². The first-order chi connectivity index (χ1) is 6.22. The molecule has 0 saturated heterocycles. The predicted molar refractivity (Wildman–Crippen MR) is 60.4 cm³/mol. The number of hydrogen-bond donors (Lipinski definition) is 1. The van der Waals surface area contributed by atoms with Crippen LogP contribution >= 0.6 is 22.9 Å². The molecule has 1 nitrogen and oxygen atoms in total. The Morgan fingerprint density at radius 1 is 1.62 bits per heavy atom. The van der Waals surface area contributed by atoms with Gasteiger partial charge in [-0.25, -0.2) is 0 Å². The van der Waals surface area contributed by atoms with Crippen molar-refractivity contribution in [3.63, 3.8) is 0 Å². The Hall–Kier alpha value is -0.310. The summed E-state index contributed by atoms with van der Waals surface area (Å²) < 4.78 is 0. The maximum absolute atomic E-state index is 5.54. The van der Waals surface area contributed by atoms with Crippen molar-refractivity contribution in [2.24, 2.45) is 0 Å². The van der Waals surface area contributed by atoms with E-state index < -0.39 is 0 Å². The highest BCUT2D eigenvalue weighted by atomic mass is 35.5. The van der Waals surface area contributed by atoms with E-state index in [9.17, 15) is 0 Å². The van der Waals surface area contributed by atoms with Gasteiger partial charge in [-0.05, 0) is 31.6 Å². The van der Waals surface area contributed by atoms with Crippen LogP contribution in [0.25, 0.3) is 0 Å². The number of rotatable bonds is 4. The van der Waals surface area contributed by atoms with Crippen LogP contribution in [0.3, 0.4) is 0 Å². The Morgan fingerprint density at radius 3 is 2.92 bits per heavy atom. The molecule has 13 heavy (non-hydrogen) atoms. The van der Waals surface area contributed by atoms with Crippen LogP contribution in [0.5, 0.6) is 0 Å². The van der Waals surface area contributed by atoms with Gasteiger partial charge in [-0.2, -0.15) is 0 Å². The molecule has 1 aromatic heterocycles. The summed E-state index contributed by atoms with van der Waals surface area (Å²) in [6, 6.07) is 4.30. The summed E-state index contributed by atoms with van der Waals surface area (Å²) in [5.41, 5.74) is 2.78. The molecule has 0 fully saturated rings. The molecule has 1 heterocycles. The van der Waals surface area contributed by atoms with Gasteiger partial charge in [0.15, 0.2) is 0 Å². The number of nitrogens with one attached hydrogen (secondary N) is 1. The third-order valence-corrected chi connectivity index (χ3v) is 3.06. The van der Waals surface area contributed by atoms with Crippen LogP contribution in [0.15, 0.2) is 23.2 Å². The van der Waals surface area contributed by atoms with Crippen molar-refractivity contribution in [3.05, 3.63) is 33.0 Å². The van der Waals surface area contributed by atoms with E-state index in [0.29, 0.717) is 0 Å². The molecular formula is C10H14ClNS. The molecule has 3 heteroatoms. The minimum absolute atomic E-state index is 0.862. The molecule has 72 valence electrons. The van der Waals surface area contributed by atoms with Crippen LogP contribution in [-0.4, -0.2) is 6.54 Å². The zero-order chi connectivity index (χ0) is 9.68. The SMILES string of the molecule is C/C(=C/Cl)CNCc1ccc(C)s1. The first kappa shape index (κ1) is 10.8. The van der Waals surface area contributed by atoms with Crippen molar-refractivity contribution < 1.29 is 0 Å². The summed E-state index contributed by atoms with van der Waals surface area (Å²) in [4.78, 5) is 2.74. The Morgan fingerprint density at radius 2 is 2.38 bits per heavy atom. The summed E-state index contributed by atoms with van der Waals surface area (Å²) in [6.45, 7) is 5.93. The van der Waals surface area contributed by atoms with E-state index in [1.807, 2.05) is 18.3 Å². The van der Waals surface area contributed by atoms with E-state index in [-0.39, 0.29) is 0 Å². The molecule has 0 atom stereocenters. The quantitative estimate of drug-likeness (QED) is 0.813. The molecule has 0 amide bonds. The van der Waals surface area contributed by atoms with Gasteiger partial charge in [0.25, 0.3) is 0 Å². The molecular weight excluding hydrogens is 202 g/mol. The largest absolute Gasteiger partial charge is 0.308 e. The van der Waals surface area contributed by atoms with E-state index in [4.69, 9.17) is 11.6 Å². The second-order valence-corrected chi connectivity index (χ2v) is 4.66. The lowest BCUT2D eigenvalue weighted by atomic mass is 10.3. The Labute approximate surface area is 88.4 Å². The Balaban J connectivity index is 2.28. The molecule has 0 radical (unpaired) electrons. The number of halogens is 1. The highest BCUT2D eigenvalue weighted by Gasteiger charge is 1.95. The Kier molecular flexibility index (Phi) is 4.50. The third kappa shape index (κ3) is 3.94. The minimum Gasteiger partial charge on any atom is -0.308 e. The fraction of sp³-hybridized carbons (Fsp3) is 0.400. The lowest BCUT2D eigenvalue weighted by Gasteiger charge is -2.01. The van der Waals surface area contributed by atoms with Crippen molar-refractivity contribution in [1.29, 1.82) is 0 Å². The lowest BCUT2D eigenvalue weighted by molar-refractivity contribution is 0.749. The number of thiophene rings is 1. The molecule has 0 saturated carbocycles. The first-order valence-corrected chi connectivity index (χ1v) is 5.49. The number of hydrogen-bond acceptors (Lipinski definition) is 2. The second kappa shape index (κ2) is 5.43. The van der Waals surface area contributed by atoms with Crippen LogP contribution < -0.4 is 5.32 Å². The molecule has 0 aromatic carbocycles. The highest BCUT2D eigenvalue weighted by Crippen LogP contribution is 2.14. The topological polar surface area (TPSA) is 12.0 Å². The molecule has 1 rings (SSSR count). The third-order valence-electron chi connectivity index (χ3n) is 1.69. The van der Waals surface area contributed by atoms with E-state index in [0.717, 1.165) is 18.7 Å². The van der Waals surface area contributed by atoms with Crippen LogP contribution in [0, 0.1) is 6.92 Å². The predicted octanol–water partition coefficient (Wildman–Crippen LogP) is 3.29. The maximum atomic E-state index is 5.54. The van der Waals surface area contributed by atoms with E-state index >= 15 is 0 Å². The van der Waals surface area contributed by atoms with E-state index in [2.05, 4.69) is 24.4 Å². The van der Waals surface area contributed by atoms with Gasteiger partial charge < -0.3 is 5.32 Å². The average Bonchev–Trinajstić information content (AvgIpc) is 2.51. The summed E-state index contributed by atoms with van der Waals surface area (Å²) in [5.74, 6) is 0.